The summed E-state index contributed by atoms with van der Waals surface area (Å²) in [7, 11) is 0. The molecule has 0 amide bonds. The van der Waals surface area contributed by atoms with Crippen LogP contribution in [0.1, 0.15) is 0 Å². The Morgan fingerprint density at radius 3 is 1.59 bits per heavy atom. The molecule has 0 fully saturated rings. The van der Waals surface area contributed by atoms with Crippen LogP contribution in [-0.2, 0) is 0 Å². The van der Waals surface area contributed by atoms with Gasteiger partial charge in [0, 0.05) is 49.3 Å². The average Bonchev–Trinajstić information content (AvgIpc) is 3.86. The van der Waals surface area contributed by atoms with Crippen LogP contribution in [0, 0.1) is 0 Å². The molecule has 0 atom stereocenters. The summed E-state index contributed by atoms with van der Waals surface area (Å²) in [6.07, 6.45) is 0. The monoisotopic (exact) mass is 650 g/mol. The number of hydrogen-bond acceptors (Lipinski definition) is 1. The molecule has 8 aromatic carbocycles. The minimum atomic E-state index is 0.899. The van der Waals surface area contributed by atoms with Gasteiger partial charge in [0.1, 0.15) is 11.2 Å². The maximum atomic E-state index is 6.28. The smallest absolute Gasteiger partial charge is 0.135 e. The summed E-state index contributed by atoms with van der Waals surface area (Å²) in [5.41, 5.74) is 13.6. The van der Waals surface area contributed by atoms with Gasteiger partial charge in [-0.1, -0.05) is 115 Å². The van der Waals surface area contributed by atoms with Gasteiger partial charge in [0.25, 0.3) is 0 Å². The van der Waals surface area contributed by atoms with E-state index in [4.69, 9.17) is 4.42 Å². The van der Waals surface area contributed by atoms with E-state index >= 15 is 0 Å². The Hall–Kier alpha value is -6.84. The molecule has 0 unspecified atom stereocenters. The number of nitrogens with zero attached hydrogens (tertiary/aromatic N) is 2. The standard InChI is InChI=1S/C48H30N2O/c1-3-14-32(15-4-1)49-40-22-10-7-19-36(40)46-38(21-13-24-42(46)49)47-34(31-26-29-45-39(30-31)35-18-9-12-25-44(35)51-45)27-28-43-48(47)37-20-8-11-23-41(37)50(43)33-16-5-2-6-17-33/h1-30H. The molecule has 0 saturated heterocycles. The Labute approximate surface area is 293 Å². The molecule has 51 heavy (non-hydrogen) atoms. The van der Waals surface area contributed by atoms with E-state index in [1.807, 2.05) is 12.1 Å². The summed E-state index contributed by atoms with van der Waals surface area (Å²) >= 11 is 0. The topological polar surface area (TPSA) is 23.0 Å². The first kappa shape index (κ1) is 28.0. The highest BCUT2D eigenvalue weighted by molar-refractivity contribution is 6.25. The molecule has 3 heterocycles. The highest BCUT2D eigenvalue weighted by Gasteiger charge is 2.24. The normalized spacial score (nSPS) is 11.9. The summed E-state index contributed by atoms with van der Waals surface area (Å²) in [5.74, 6) is 0. The van der Waals surface area contributed by atoms with Gasteiger partial charge in [-0.05, 0) is 83.4 Å². The van der Waals surface area contributed by atoms with Crippen LogP contribution in [0.25, 0.3) is 99.2 Å². The molecule has 0 N–H and O–H groups in total. The second kappa shape index (κ2) is 10.8. The lowest BCUT2D eigenvalue weighted by atomic mass is 9.88. The van der Waals surface area contributed by atoms with Crippen molar-refractivity contribution in [3.8, 4) is 33.6 Å². The molecule has 238 valence electrons. The predicted octanol–water partition coefficient (Wildman–Crippen LogP) is 13.1. The fraction of sp³-hybridized carbons (Fsp3) is 0. The Balaban J connectivity index is 1.32. The lowest BCUT2D eigenvalue weighted by Gasteiger charge is -2.16. The first-order chi connectivity index (χ1) is 25.3. The lowest BCUT2D eigenvalue weighted by molar-refractivity contribution is 0.669. The second-order valence-corrected chi connectivity index (χ2v) is 13.3. The van der Waals surface area contributed by atoms with E-state index in [1.165, 1.54) is 60.3 Å². The molecule has 3 aromatic heterocycles. The summed E-state index contributed by atoms with van der Waals surface area (Å²) in [5, 5.41) is 7.21. The van der Waals surface area contributed by atoms with E-state index in [2.05, 4.69) is 179 Å². The van der Waals surface area contributed by atoms with Crippen LogP contribution in [-0.4, -0.2) is 9.13 Å². The average molecular weight is 651 g/mol. The Kier molecular flexibility index (Phi) is 5.96. The Morgan fingerprint density at radius 2 is 0.882 bits per heavy atom. The number of aromatic nitrogens is 2. The van der Waals surface area contributed by atoms with Crippen LogP contribution < -0.4 is 0 Å². The molecule has 0 aliphatic heterocycles. The van der Waals surface area contributed by atoms with Crippen molar-refractivity contribution in [1.82, 2.24) is 9.13 Å². The number of hydrogen-bond donors (Lipinski definition) is 0. The molecule has 11 rings (SSSR count). The third-order valence-electron chi connectivity index (χ3n) is 10.5. The van der Waals surface area contributed by atoms with Gasteiger partial charge in [0.2, 0.25) is 0 Å². The summed E-state index contributed by atoms with van der Waals surface area (Å²) in [6, 6.07) is 65.5. The molecular formula is C48H30N2O. The summed E-state index contributed by atoms with van der Waals surface area (Å²) in [6.45, 7) is 0. The first-order valence-corrected chi connectivity index (χ1v) is 17.4. The van der Waals surface area contributed by atoms with Crippen LogP contribution in [0.4, 0.5) is 0 Å². The van der Waals surface area contributed by atoms with E-state index in [1.54, 1.807) is 0 Å². The third kappa shape index (κ3) is 4.06. The largest absolute Gasteiger partial charge is 0.456 e. The van der Waals surface area contributed by atoms with Crippen LogP contribution in [0.2, 0.25) is 0 Å². The van der Waals surface area contributed by atoms with Gasteiger partial charge in [-0.2, -0.15) is 0 Å². The van der Waals surface area contributed by atoms with E-state index in [-0.39, 0.29) is 0 Å². The fourth-order valence-corrected chi connectivity index (χ4v) is 8.41. The van der Waals surface area contributed by atoms with Crippen LogP contribution >= 0.6 is 0 Å². The highest BCUT2D eigenvalue weighted by Crippen LogP contribution is 2.48. The number of para-hydroxylation sites is 5. The zero-order chi connectivity index (χ0) is 33.5. The molecule has 0 spiro atoms. The SMILES string of the molecule is c1ccc(-n2c3ccccc3c3c(-c4c(-c5ccc6oc7ccccc7c6c5)ccc5c4c4ccccc4n5-c4ccccc4)cccc32)cc1. The molecule has 3 heteroatoms. The van der Waals surface area contributed by atoms with E-state index < -0.39 is 0 Å². The third-order valence-corrected chi connectivity index (χ3v) is 10.5. The van der Waals surface area contributed by atoms with Gasteiger partial charge >= 0.3 is 0 Å². The quantitative estimate of drug-likeness (QED) is 0.186. The van der Waals surface area contributed by atoms with Gasteiger partial charge in [-0.15, -0.1) is 0 Å². The summed E-state index contributed by atoms with van der Waals surface area (Å²) in [4.78, 5) is 0. The van der Waals surface area contributed by atoms with E-state index in [9.17, 15) is 0 Å². The van der Waals surface area contributed by atoms with Crippen LogP contribution in [0.3, 0.4) is 0 Å². The van der Waals surface area contributed by atoms with Crippen molar-refractivity contribution < 1.29 is 4.42 Å². The van der Waals surface area contributed by atoms with E-state index in [0.717, 1.165) is 38.9 Å². The molecular weight excluding hydrogens is 621 g/mol. The number of fused-ring (bicyclic) bond motifs is 9. The maximum Gasteiger partial charge on any atom is 0.135 e. The van der Waals surface area contributed by atoms with Gasteiger partial charge in [-0.3, -0.25) is 0 Å². The van der Waals surface area contributed by atoms with Crippen LogP contribution in [0.5, 0.6) is 0 Å². The minimum absolute atomic E-state index is 0.899. The van der Waals surface area contributed by atoms with Gasteiger partial charge in [-0.25, -0.2) is 0 Å². The minimum Gasteiger partial charge on any atom is -0.456 e. The Morgan fingerprint density at radius 1 is 0.333 bits per heavy atom. The molecule has 0 aliphatic carbocycles. The van der Waals surface area contributed by atoms with E-state index in [0.29, 0.717) is 0 Å². The van der Waals surface area contributed by atoms with Crippen molar-refractivity contribution in [3.05, 3.63) is 182 Å². The van der Waals surface area contributed by atoms with Gasteiger partial charge in [0.05, 0.1) is 22.1 Å². The Bertz CT molecular complexity index is 3130. The molecule has 0 bridgehead atoms. The zero-order valence-electron chi connectivity index (χ0n) is 27.6. The predicted molar refractivity (Wildman–Crippen MR) is 213 cm³/mol. The van der Waals surface area contributed by atoms with Crippen molar-refractivity contribution >= 4 is 65.6 Å². The lowest BCUT2D eigenvalue weighted by Crippen LogP contribution is -1.95. The molecule has 0 aliphatic rings. The summed E-state index contributed by atoms with van der Waals surface area (Å²) < 4.78 is 11.1. The maximum absolute atomic E-state index is 6.28. The van der Waals surface area contributed by atoms with Crippen molar-refractivity contribution in [1.29, 1.82) is 0 Å². The van der Waals surface area contributed by atoms with Crippen LogP contribution in [0.15, 0.2) is 186 Å². The molecule has 3 nitrogen and oxygen atoms in total. The van der Waals surface area contributed by atoms with Gasteiger partial charge < -0.3 is 13.6 Å². The first-order valence-electron chi connectivity index (χ1n) is 17.4. The van der Waals surface area contributed by atoms with Crippen molar-refractivity contribution in [2.24, 2.45) is 0 Å². The van der Waals surface area contributed by atoms with Crippen molar-refractivity contribution in [3.63, 3.8) is 0 Å². The number of benzene rings is 8. The van der Waals surface area contributed by atoms with Gasteiger partial charge in [0.15, 0.2) is 0 Å². The highest BCUT2D eigenvalue weighted by atomic mass is 16.3. The number of furan rings is 1. The number of rotatable bonds is 4. The zero-order valence-corrected chi connectivity index (χ0v) is 27.6. The fourth-order valence-electron chi connectivity index (χ4n) is 8.41. The molecule has 11 aromatic rings. The second-order valence-electron chi connectivity index (χ2n) is 13.3. The molecule has 0 radical (unpaired) electrons. The molecule has 0 saturated carbocycles. The van der Waals surface area contributed by atoms with Crippen molar-refractivity contribution in [2.45, 2.75) is 0 Å². The van der Waals surface area contributed by atoms with Crippen molar-refractivity contribution in [2.75, 3.05) is 0 Å².